The van der Waals surface area contributed by atoms with Crippen LogP contribution in [0.1, 0.15) is 11.3 Å². The Morgan fingerprint density at radius 2 is 1.86 bits per heavy atom. The molecular formula is C21H17N5O2S. The third-order valence-electron chi connectivity index (χ3n) is 4.80. The fourth-order valence-corrected chi connectivity index (χ4v) is 4.06. The van der Waals surface area contributed by atoms with Crippen molar-refractivity contribution in [2.75, 3.05) is 0 Å². The molecule has 0 aliphatic rings. The van der Waals surface area contributed by atoms with Crippen LogP contribution in [0.2, 0.25) is 0 Å². The Balaban J connectivity index is 1.48. The zero-order valence-corrected chi connectivity index (χ0v) is 16.7. The minimum Gasteiger partial charge on any atom is -0.444 e. The van der Waals surface area contributed by atoms with Crippen LogP contribution in [0.3, 0.4) is 0 Å². The summed E-state index contributed by atoms with van der Waals surface area (Å²) < 4.78 is 9.06. The average molecular weight is 403 g/mol. The number of para-hydroxylation sites is 1. The molecule has 3 heterocycles. The van der Waals surface area contributed by atoms with Crippen LogP contribution in [-0.2, 0) is 12.8 Å². The summed E-state index contributed by atoms with van der Waals surface area (Å²) in [6, 6.07) is 15.5. The van der Waals surface area contributed by atoms with Crippen LogP contribution in [0, 0.1) is 6.92 Å². The lowest BCUT2D eigenvalue weighted by atomic mass is 10.1. The van der Waals surface area contributed by atoms with E-state index in [1.165, 1.54) is 21.9 Å². The van der Waals surface area contributed by atoms with E-state index in [1.54, 1.807) is 13.3 Å². The second kappa shape index (κ2) is 6.89. The Morgan fingerprint density at radius 3 is 2.69 bits per heavy atom. The molecular weight excluding hydrogens is 386 g/mol. The Bertz CT molecular complexity index is 1400. The van der Waals surface area contributed by atoms with Crippen molar-refractivity contribution in [3.63, 3.8) is 0 Å². The van der Waals surface area contributed by atoms with Gasteiger partial charge in [0.2, 0.25) is 11.7 Å². The van der Waals surface area contributed by atoms with Gasteiger partial charge in [-0.05, 0) is 31.2 Å². The molecule has 0 spiro atoms. The van der Waals surface area contributed by atoms with Gasteiger partial charge >= 0.3 is 0 Å². The van der Waals surface area contributed by atoms with Crippen LogP contribution in [0.15, 0.2) is 69.2 Å². The first-order valence-corrected chi connectivity index (χ1v) is 10.1. The maximum atomic E-state index is 12.5. The van der Waals surface area contributed by atoms with Gasteiger partial charge in [-0.25, -0.2) is 4.98 Å². The minimum absolute atomic E-state index is 0.0868. The number of oxazole rings is 1. The summed E-state index contributed by atoms with van der Waals surface area (Å²) in [7, 11) is 1.71. The molecule has 3 aromatic heterocycles. The van der Waals surface area contributed by atoms with Crippen LogP contribution in [-0.4, -0.2) is 24.1 Å². The highest BCUT2D eigenvalue weighted by Gasteiger charge is 2.15. The Kier molecular flexibility index (Phi) is 4.21. The number of rotatable bonds is 4. The number of thioether (sulfide) groups is 1. The average Bonchev–Trinajstić information content (AvgIpc) is 3.38. The van der Waals surface area contributed by atoms with Gasteiger partial charge in [0.15, 0.2) is 5.16 Å². The lowest BCUT2D eigenvalue weighted by Crippen LogP contribution is -2.20. The molecule has 144 valence electrons. The van der Waals surface area contributed by atoms with Crippen molar-refractivity contribution in [1.82, 2.24) is 24.1 Å². The predicted octanol–water partition coefficient (Wildman–Crippen LogP) is 3.84. The Labute approximate surface area is 170 Å². The number of aromatic nitrogens is 5. The standard InChI is InChI=1S/C21H17N5O2S/c1-13-7-9-14(10-8-13)18-22-15(11-28-18)12-29-21-24-23-20-25(2)19(27)16-5-3-4-6-17(16)26(20)21/h3-11H,12H2,1-2H3. The number of hydrogen-bond acceptors (Lipinski definition) is 6. The first kappa shape index (κ1) is 17.7. The summed E-state index contributed by atoms with van der Waals surface area (Å²) in [4.78, 5) is 17.1. The van der Waals surface area contributed by atoms with Crippen molar-refractivity contribution in [1.29, 1.82) is 0 Å². The highest BCUT2D eigenvalue weighted by Crippen LogP contribution is 2.26. The maximum Gasteiger partial charge on any atom is 0.262 e. The van der Waals surface area contributed by atoms with E-state index in [0.29, 0.717) is 28.0 Å². The van der Waals surface area contributed by atoms with Crippen LogP contribution in [0.5, 0.6) is 0 Å². The van der Waals surface area contributed by atoms with E-state index in [2.05, 4.69) is 15.2 Å². The smallest absolute Gasteiger partial charge is 0.262 e. The van der Waals surface area contributed by atoms with Gasteiger partial charge in [0.05, 0.1) is 16.6 Å². The van der Waals surface area contributed by atoms with E-state index in [1.807, 2.05) is 59.9 Å². The predicted molar refractivity (Wildman–Crippen MR) is 112 cm³/mol. The van der Waals surface area contributed by atoms with Crippen LogP contribution < -0.4 is 5.56 Å². The fraction of sp³-hybridized carbons (Fsp3) is 0.143. The topological polar surface area (TPSA) is 78.2 Å². The molecule has 0 radical (unpaired) electrons. The van der Waals surface area contributed by atoms with Crippen LogP contribution in [0.25, 0.3) is 28.1 Å². The first-order valence-electron chi connectivity index (χ1n) is 9.09. The quantitative estimate of drug-likeness (QED) is 0.424. The molecule has 8 heteroatoms. The third-order valence-corrected chi connectivity index (χ3v) is 5.76. The van der Waals surface area contributed by atoms with Crippen molar-refractivity contribution < 1.29 is 4.42 Å². The van der Waals surface area contributed by atoms with E-state index < -0.39 is 0 Å². The van der Waals surface area contributed by atoms with Crippen molar-refractivity contribution in [2.24, 2.45) is 7.05 Å². The molecule has 0 saturated carbocycles. The zero-order valence-electron chi connectivity index (χ0n) is 15.9. The molecule has 0 atom stereocenters. The first-order chi connectivity index (χ1) is 14.1. The Morgan fingerprint density at radius 1 is 1.07 bits per heavy atom. The summed E-state index contributed by atoms with van der Waals surface area (Å²) in [5.74, 6) is 1.68. The van der Waals surface area contributed by atoms with Gasteiger partial charge in [-0.1, -0.05) is 41.6 Å². The number of benzene rings is 2. The molecule has 5 rings (SSSR count). The summed E-state index contributed by atoms with van der Waals surface area (Å²) in [5, 5.41) is 9.84. The zero-order chi connectivity index (χ0) is 20.0. The summed E-state index contributed by atoms with van der Waals surface area (Å²) in [6.45, 7) is 2.05. The largest absolute Gasteiger partial charge is 0.444 e. The molecule has 0 saturated heterocycles. The van der Waals surface area contributed by atoms with Gasteiger partial charge in [-0.2, -0.15) is 0 Å². The molecule has 0 bridgehead atoms. The molecule has 0 fully saturated rings. The second-order valence-electron chi connectivity index (χ2n) is 6.80. The van der Waals surface area contributed by atoms with Gasteiger partial charge in [-0.15, -0.1) is 10.2 Å². The highest BCUT2D eigenvalue weighted by atomic mass is 32.2. The Hall–Kier alpha value is -3.39. The molecule has 0 N–H and O–H groups in total. The van der Waals surface area contributed by atoms with Gasteiger partial charge in [-0.3, -0.25) is 13.8 Å². The molecule has 0 aliphatic carbocycles. The lowest BCUT2D eigenvalue weighted by Gasteiger charge is -2.07. The van der Waals surface area contributed by atoms with Gasteiger partial charge in [0, 0.05) is 18.4 Å². The van der Waals surface area contributed by atoms with Crippen molar-refractivity contribution >= 4 is 28.4 Å². The lowest BCUT2D eigenvalue weighted by molar-refractivity contribution is 0.573. The van der Waals surface area contributed by atoms with Gasteiger partial charge in [0.25, 0.3) is 5.56 Å². The van der Waals surface area contributed by atoms with Crippen LogP contribution in [0.4, 0.5) is 0 Å². The highest BCUT2D eigenvalue weighted by molar-refractivity contribution is 7.98. The maximum absolute atomic E-state index is 12.5. The molecule has 29 heavy (non-hydrogen) atoms. The van der Waals surface area contributed by atoms with Crippen LogP contribution >= 0.6 is 11.8 Å². The summed E-state index contributed by atoms with van der Waals surface area (Å²) in [5.41, 5.74) is 3.66. The van der Waals surface area contributed by atoms with E-state index in [-0.39, 0.29) is 5.56 Å². The normalized spacial score (nSPS) is 11.5. The van der Waals surface area contributed by atoms with Crippen molar-refractivity contribution in [3.8, 4) is 11.5 Å². The minimum atomic E-state index is -0.0868. The van der Waals surface area contributed by atoms with E-state index in [4.69, 9.17) is 4.42 Å². The van der Waals surface area contributed by atoms with E-state index in [9.17, 15) is 4.79 Å². The molecule has 0 unspecified atom stereocenters. The van der Waals surface area contributed by atoms with Crippen molar-refractivity contribution in [3.05, 3.63) is 76.4 Å². The number of hydrogen-bond donors (Lipinski definition) is 0. The third kappa shape index (κ3) is 3.01. The molecule has 5 aromatic rings. The molecule has 7 nitrogen and oxygen atoms in total. The molecule has 2 aromatic carbocycles. The summed E-state index contributed by atoms with van der Waals surface area (Å²) >= 11 is 1.50. The molecule has 0 amide bonds. The van der Waals surface area contributed by atoms with E-state index >= 15 is 0 Å². The molecule has 0 aliphatic heterocycles. The fourth-order valence-electron chi connectivity index (χ4n) is 3.25. The van der Waals surface area contributed by atoms with Crippen molar-refractivity contribution in [2.45, 2.75) is 17.8 Å². The number of aryl methyl sites for hydroxylation is 2. The number of nitrogens with zero attached hydrogens (tertiary/aromatic N) is 5. The van der Waals surface area contributed by atoms with Gasteiger partial charge in [0.1, 0.15) is 6.26 Å². The monoisotopic (exact) mass is 403 g/mol. The SMILES string of the molecule is Cc1ccc(-c2nc(CSc3nnc4n(C)c(=O)c5ccccc5n34)co2)cc1. The number of fused-ring (bicyclic) bond motifs is 3. The van der Waals surface area contributed by atoms with E-state index in [0.717, 1.165) is 16.8 Å². The van der Waals surface area contributed by atoms with Gasteiger partial charge < -0.3 is 4.42 Å². The summed E-state index contributed by atoms with van der Waals surface area (Å²) in [6.07, 6.45) is 1.67. The second-order valence-corrected chi connectivity index (χ2v) is 7.74.